The summed E-state index contributed by atoms with van der Waals surface area (Å²) in [4.78, 5) is 15.0. The Morgan fingerprint density at radius 1 is 0.380 bits per heavy atom. The summed E-state index contributed by atoms with van der Waals surface area (Å²) in [5.74, 6) is 2.00. The van der Waals surface area contributed by atoms with E-state index in [-0.39, 0.29) is 0 Å². The first-order valence-electron chi connectivity index (χ1n) is 17.4. The van der Waals surface area contributed by atoms with Crippen LogP contribution in [-0.4, -0.2) is 24.1 Å². The predicted molar refractivity (Wildman–Crippen MR) is 204 cm³/mol. The molecule has 0 aliphatic heterocycles. The van der Waals surface area contributed by atoms with E-state index >= 15 is 0 Å². The van der Waals surface area contributed by atoms with Crippen LogP contribution in [0.15, 0.2) is 152 Å². The van der Waals surface area contributed by atoms with Gasteiger partial charge in [-0.15, -0.1) is 0 Å². The molecule has 238 valence electrons. The van der Waals surface area contributed by atoms with E-state index in [4.69, 9.17) is 15.0 Å². The molecule has 6 aromatic carbocycles. The quantitative estimate of drug-likeness (QED) is 0.187. The van der Waals surface area contributed by atoms with Crippen molar-refractivity contribution in [2.45, 2.75) is 25.7 Å². The highest BCUT2D eigenvalue weighted by atomic mass is 15.0. The van der Waals surface area contributed by atoms with E-state index in [1.165, 1.54) is 62.5 Å². The minimum atomic E-state index is 0.665. The molecule has 10 rings (SSSR count). The lowest BCUT2D eigenvalue weighted by Crippen LogP contribution is -2.07. The van der Waals surface area contributed by atoms with Crippen molar-refractivity contribution in [2.75, 3.05) is 0 Å². The van der Waals surface area contributed by atoms with Crippen LogP contribution in [0.25, 0.3) is 78.2 Å². The van der Waals surface area contributed by atoms with Gasteiger partial charge < -0.3 is 9.13 Å². The summed E-state index contributed by atoms with van der Waals surface area (Å²) in [5, 5.41) is 3.87. The van der Waals surface area contributed by atoms with E-state index in [9.17, 15) is 0 Å². The zero-order valence-electron chi connectivity index (χ0n) is 27.5. The van der Waals surface area contributed by atoms with Crippen LogP contribution in [0.1, 0.15) is 24.1 Å². The molecule has 9 aromatic rings. The molecule has 50 heavy (non-hydrogen) atoms. The van der Waals surface area contributed by atoms with Crippen LogP contribution >= 0.6 is 0 Å². The molecule has 0 atom stereocenters. The lowest BCUT2D eigenvalue weighted by atomic mass is 9.95. The van der Waals surface area contributed by atoms with Gasteiger partial charge in [0, 0.05) is 49.9 Å². The summed E-state index contributed by atoms with van der Waals surface area (Å²) < 4.78 is 4.94. The zero-order valence-corrected chi connectivity index (χ0v) is 27.5. The molecule has 0 unspecified atom stereocenters. The number of aryl methyl sites for hydroxylation is 1. The average molecular weight is 644 g/mol. The third-order valence-corrected chi connectivity index (χ3v) is 10.1. The molecular formula is C45H33N5. The summed E-state index contributed by atoms with van der Waals surface area (Å²) in [6.07, 6.45) is 4.54. The van der Waals surface area contributed by atoms with Crippen LogP contribution in [-0.2, 0) is 12.8 Å². The monoisotopic (exact) mass is 643 g/mol. The number of fused-ring (bicyclic) bond motifs is 6. The molecule has 1 aliphatic rings. The van der Waals surface area contributed by atoms with Crippen LogP contribution in [0.3, 0.4) is 0 Å². The second-order valence-corrected chi connectivity index (χ2v) is 13.1. The largest absolute Gasteiger partial charge is 0.313 e. The van der Waals surface area contributed by atoms with Gasteiger partial charge in [-0.1, -0.05) is 109 Å². The first-order valence-corrected chi connectivity index (χ1v) is 17.4. The molecule has 1 aliphatic carbocycles. The third-order valence-electron chi connectivity index (χ3n) is 10.1. The Kier molecular flexibility index (Phi) is 6.69. The molecular weight excluding hydrogens is 611 g/mol. The molecule has 5 nitrogen and oxygen atoms in total. The van der Waals surface area contributed by atoms with E-state index < -0.39 is 0 Å². The normalized spacial score (nSPS) is 12.9. The Morgan fingerprint density at radius 2 is 0.920 bits per heavy atom. The van der Waals surface area contributed by atoms with Crippen molar-refractivity contribution >= 4 is 32.7 Å². The lowest BCUT2D eigenvalue weighted by molar-refractivity contribution is 0.667. The van der Waals surface area contributed by atoms with Gasteiger partial charge >= 0.3 is 0 Å². The predicted octanol–water partition coefficient (Wildman–Crippen LogP) is 10.8. The minimum absolute atomic E-state index is 0.665. The topological polar surface area (TPSA) is 48.5 Å². The fraction of sp³-hybridized carbons (Fsp3) is 0.0889. The van der Waals surface area contributed by atoms with Gasteiger partial charge in [0.25, 0.3) is 0 Å². The summed E-state index contributed by atoms with van der Waals surface area (Å²) in [6, 6.07) is 53.5. The first-order chi connectivity index (χ1) is 24.8. The van der Waals surface area contributed by atoms with Crippen molar-refractivity contribution in [2.24, 2.45) is 0 Å². The van der Waals surface area contributed by atoms with Crippen LogP contribution in [0.5, 0.6) is 0 Å². The number of rotatable bonds is 5. The van der Waals surface area contributed by atoms with Gasteiger partial charge in [0.1, 0.15) is 0 Å². The van der Waals surface area contributed by atoms with Gasteiger partial charge in [-0.3, -0.25) is 0 Å². The maximum Gasteiger partial charge on any atom is 0.164 e. The van der Waals surface area contributed by atoms with Crippen molar-refractivity contribution in [3.63, 3.8) is 0 Å². The molecule has 0 amide bonds. The van der Waals surface area contributed by atoms with Crippen LogP contribution in [0.4, 0.5) is 0 Å². The Labute approximate surface area is 290 Å². The Bertz CT molecular complexity index is 2630. The van der Waals surface area contributed by atoms with Crippen LogP contribution in [0, 0.1) is 0 Å². The summed E-state index contributed by atoms with van der Waals surface area (Å²) >= 11 is 0. The fourth-order valence-electron chi connectivity index (χ4n) is 7.87. The van der Waals surface area contributed by atoms with Crippen molar-refractivity contribution in [3.8, 4) is 45.5 Å². The Morgan fingerprint density at radius 3 is 1.64 bits per heavy atom. The number of hydrogen-bond donors (Lipinski definition) is 0. The van der Waals surface area contributed by atoms with Crippen LogP contribution < -0.4 is 0 Å². The SMILES string of the molecule is c1ccc(-c2nc(-c3ccccc3)nc(-c3cccc(-n4c5c(c6cc7c(cc64)c4ccccc4n7-c4ccccc4)CCCC5)c3)n2)cc1. The van der Waals surface area contributed by atoms with E-state index in [1.54, 1.807) is 0 Å². The lowest BCUT2D eigenvalue weighted by Gasteiger charge is -2.17. The number of benzene rings is 6. The number of nitrogens with zero attached hydrogens (tertiary/aromatic N) is 5. The highest BCUT2D eigenvalue weighted by molar-refractivity contribution is 6.14. The van der Waals surface area contributed by atoms with E-state index in [0.717, 1.165) is 35.2 Å². The van der Waals surface area contributed by atoms with E-state index in [1.807, 2.05) is 36.4 Å². The number of aromatic nitrogens is 5. The Balaban J connectivity index is 1.20. The fourth-order valence-corrected chi connectivity index (χ4v) is 7.87. The van der Waals surface area contributed by atoms with Crippen molar-refractivity contribution in [1.29, 1.82) is 0 Å². The van der Waals surface area contributed by atoms with Crippen molar-refractivity contribution < 1.29 is 0 Å². The van der Waals surface area contributed by atoms with E-state index in [2.05, 4.69) is 124 Å². The molecule has 0 radical (unpaired) electrons. The maximum absolute atomic E-state index is 5.04. The second-order valence-electron chi connectivity index (χ2n) is 13.1. The molecule has 0 saturated carbocycles. The molecule has 5 heteroatoms. The number of hydrogen-bond acceptors (Lipinski definition) is 3. The smallest absolute Gasteiger partial charge is 0.164 e. The maximum atomic E-state index is 5.04. The molecule has 0 spiro atoms. The van der Waals surface area contributed by atoms with Gasteiger partial charge in [-0.05, 0) is 73.7 Å². The summed E-state index contributed by atoms with van der Waals surface area (Å²) in [6.45, 7) is 0. The first kappa shape index (κ1) is 28.7. The molecule has 3 aromatic heterocycles. The standard InChI is InChI=1S/C45H33N5/c1-4-15-30(16-5-1)43-46-44(31-17-6-2-7-18-31)48-45(47-43)32-19-14-22-34(27-32)50-40-26-13-11-24-36(40)38-28-41-37(29-42(38)50)35-23-10-12-25-39(35)49(41)33-20-8-3-9-21-33/h1-10,12,14-23,25,27-29H,11,13,24,26H2. The summed E-state index contributed by atoms with van der Waals surface area (Å²) in [5.41, 5.74) is 11.8. The molecule has 0 saturated heterocycles. The highest BCUT2D eigenvalue weighted by Crippen LogP contribution is 2.41. The molecule has 0 bridgehead atoms. The molecule has 3 heterocycles. The van der Waals surface area contributed by atoms with Gasteiger partial charge in [0.05, 0.1) is 16.6 Å². The van der Waals surface area contributed by atoms with Gasteiger partial charge in [-0.25, -0.2) is 15.0 Å². The minimum Gasteiger partial charge on any atom is -0.313 e. The van der Waals surface area contributed by atoms with Crippen molar-refractivity contribution in [3.05, 3.63) is 163 Å². The summed E-state index contributed by atoms with van der Waals surface area (Å²) in [7, 11) is 0. The van der Waals surface area contributed by atoms with Gasteiger partial charge in [0.2, 0.25) is 0 Å². The van der Waals surface area contributed by atoms with Gasteiger partial charge in [0.15, 0.2) is 17.5 Å². The van der Waals surface area contributed by atoms with Crippen molar-refractivity contribution in [1.82, 2.24) is 24.1 Å². The number of para-hydroxylation sites is 2. The highest BCUT2D eigenvalue weighted by Gasteiger charge is 2.24. The Hall–Kier alpha value is -6.33. The molecule has 0 fully saturated rings. The second kappa shape index (κ2) is 11.7. The average Bonchev–Trinajstić information content (AvgIpc) is 3.70. The van der Waals surface area contributed by atoms with E-state index in [0.29, 0.717) is 17.5 Å². The third kappa shape index (κ3) is 4.66. The van der Waals surface area contributed by atoms with Crippen LogP contribution in [0.2, 0.25) is 0 Å². The molecule has 0 N–H and O–H groups in total. The zero-order chi connectivity index (χ0) is 33.0. The van der Waals surface area contributed by atoms with Gasteiger partial charge in [-0.2, -0.15) is 0 Å².